The summed E-state index contributed by atoms with van der Waals surface area (Å²) in [6.45, 7) is 4.34. The molecular weight excluding hydrogens is 392 g/mol. The number of ether oxygens (including phenoxy) is 2. The van der Waals surface area contributed by atoms with Crippen LogP contribution in [-0.2, 0) is 21.2 Å². The van der Waals surface area contributed by atoms with E-state index in [1.54, 1.807) is 61.4 Å². The van der Waals surface area contributed by atoms with Crippen molar-refractivity contribution < 1.29 is 22.7 Å². The fourth-order valence-electron chi connectivity index (χ4n) is 3.26. The lowest BCUT2D eigenvalue weighted by Gasteiger charge is -2.18. The van der Waals surface area contributed by atoms with Crippen LogP contribution in [-0.4, -0.2) is 40.6 Å². The van der Waals surface area contributed by atoms with E-state index < -0.39 is 16.1 Å². The lowest BCUT2D eigenvalue weighted by atomic mass is 10.2. The molecule has 0 spiro atoms. The van der Waals surface area contributed by atoms with E-state index in [0.29, 0.717) is 25.1 Å². The highest BCUT2D eigenvalue weighted by Crippen LogP contribution is 2.30. The smallest absolute Gasteiger partial charge is 0.240 e. The van der Waals surface area contributed by atoms with E-state index in [0.717, 1.165) is 17.0 Å². The minimum absolute atomic E-state index is 0.0433. The molecule has 0 unspecified atom stereocenters. The first-order valence-corrected chi connectivity index (χ1v) is 11.0. The van der Waals surface area contributed by atoms with Gasteiger partial charge in [0.05, 0.1) is 18.0 Å². The normalized spacial score (nSPS) is 14.4. The Balaban J connectivity index is 1.64. The summed E-state index contributed by atoms with van der Waals surface area (Å²) in [7, 11) is -2.10. The van der Waals surface area contributed by atoms with Gasteiger partial charge in [0.25, 0.3) is 0 Å². The number of anilines is 1. The number of methoxy groups -OCH3 is 1. The molecule has 2 aromatic carbocycles. The number of hydrogen-bond acceptors (Lipinski definition) is 5. The zero-order valence-corrected chi connectivity index (χ0v) is 17.7. The third-order valence-corrected chi connectivity index (χ3v) is 6.36. The molecule has 0 saturated carbocycles. The summed E-state index contributed by atoms with van der Waals surface area (Å²) in [6, 6.07) is 11.6. The van der Waals surface area contributed by atoms with E-state index >= 15 is 0 Å². The quantitative estimate of drug-likeness (QED) is 0.713. The van der Waals surface area contributed by atoms with Crippen molar-refractivity contribution in [3.63, 3.8) is 0 Å². The number of nitrogens with zero attached hydrogens (tertiary/aromatic N) is 1. The highest BCUT2D eigenvalue weighted by Gasteiger charge is 2.26. The SMILES string of the molecule is CCC(=O)N1CCc2cc(S(=O)(=O)N[C@@H](C)COc3ccc(OC)cc3)ccc21. The lowest BCUT2D eigenvalue weighted by Crippen LogP contribution is -2.36. The summed E-state index contributed by atoms with van der Waals surface area (Å²) in [5.41, 5.74) is 1.67. The maximum atomic E-state index is 12.7. The van der Waals surface area contributed by atoms with Gasteiger partial charge in [-0.1, -0.05) is 6.92 Å². The average Bonchev–Trinajstić information content (AvgIpc) is 3.15. The summed E-state index contributed by atoms with van der Waals surface area (Å²) in [5.74, 6) is 1.40. The van der Waals surface area contributed by atoms with E-state index in [1.165, 1.54) is 0 Å². The van der Waals surface area contributed by atoms with Crippen molar-refractivity contribution in [3.8, 4) is 11.5 Å². The van der Waals surface area contributed by atoms with E-state index in [2.05, 4.69) is 4.72 Å². The van der Waals surface area contributed by atoms with Gasteiger partial charge in [-0.15, -0.1) is 0 Å². The number of carbonyl (C=O) groups is 1. The molecule has 1 N–H and O–H groups in total. The van der Waals surface area contributed by atoms with Crippen molar-refractivity contribution in [2.24, 2.45) is 0 Å². The van der Waals surface area contributed by atoms with Gasteiger partial charge >= 0.3 is 0 Å². The first-order valence-electron chi connectivity index (χ1n) is 9.56. The molecule has 0 bridgehead atoms. The zero-order chi connectivity index (χ0) is 21.0. The number of rotatable bonds is 8. The minimum atomic E-state index is -3.69. The largest absolute Gasteiger partial charge is 0.497 e. The first-order chi connectivity index (χ1) is 13.8. The van der Waals surface area contributed by atoms with Gasteiger partial charge in [0.2, 0.25) is 15.9 Å². The molecule has 2 aromatic rings. The molecular formula is C21H26N2O5S. The molecule has 1 aliphatic rings. The fourth-order valence-corrected chi connectivity index (χ4v) is 4.53. The molecule has 3 rings (SSSR count). The molecule has 0 aliphatic carbocycles. The van der Waals surface area contributed by atoms with Crippen LogP contribution in [0, 0.1) is 0 Å². The molecule has 0 saturated heterocycles. The molecule has 0 fully saturated rings. The molecule has 1 aliphatic heterocycles. The van der Waals surface area contributed by atoms with Crippen molar-refractivity contribution >= 4 is 21.6 Å². The van der Waals surface area contributed by atoms with Gasteiger partial charge in [-0.05, 0) is 61.4 Å². The van der Waals surface area contributed by atoms with E-state index in [1.807, 2.05) is 6.92 Å². The van der Waals surface area contributed by atoms with Gasteiger partial charge in [-0.3, -0.25) is 4.79 Å². The van der Waals surface area contributed by atoms with Gasteiger partial charge in [-0.25, -0.2) is 13.1 Å². The molecule has 156 valence electrons. The third-order valence-electron chi connectivity index (χ3n) is 4.78. The summed E-state index contributed by atoms with van der Waals surface area (Å²) in [6.07, 6.45) is 1.08. The predicted molar refractivity (Wildman–Crippen MR) is 111 cm³/mol. The molecule has 0 radical (unpaired) electrons. The molecule has 8 heteroatoms. The van der Waals surface area contributed by atoms with Crippen molar-refractivity contribution in [3.05, 3.63) is 48.0 Å². The Hall–Kier alpha value is -2.58. The standard InChI is InChI=1S/C21H26N2O5S/c1-4-21(24)23-12-11-16-13-19(9-10-20(16)23)29(25,26)22-15(2)14-28-18-7-5-17(27-3)6-8-18/h5-10,13,15,22H,4,11-12,14H2,1-3H3/t15-/m0/s1. The fraction of sp³-hybridized carbons (Fsp3) is 0.381. The number of hydrogen-bond donors (Lipinski definition) is 1. The minimum Gasteiger partial charge on any atom is -0.497 e. The van der Waals surface area contributed by atoms with Crippen LogP contribution in [0.5, 0.6) is 11.5 Å². The molecule has 1 heterocycles. The Bertz CT molecular complexity index is 973. The number of fused-ring (bicyclic) bond motifs is 1. The second kappa shape index (κ2) is 8.84. The lowest BCUT2D eigenvalue weighted by molar-refractivity contribution is -0.118. The highest BCUT2D eigenvalue weighted by molar-refractivity contribution is 7.89. The van der Waals surface area contributed by atoms with Crippen LogP contribution in [0.1, 0.15) is 25.8 Å². The van der Waals surface area contributed by atoms with Gasteiger partial charge in [0.15, 0.2) is 0 Å². The van der Waals surface area contributed by atoms with Crippen LogP contribution in [0.4, 0.5) is 5.69 Å². The van der Waals surface area contributed by atoms with Crippen LogP contribution >= 0.6 is 0 Å². The third kappa shape index (κ3) is 4.89. The monoisotopic (exact) mass is 418 g/mol. The zero-order valence-electron chi connectivity index (χ0n) is 16.8. The van der Waals surface area contributed by atoms with Crippen LogP contribution in [0.25, 0.3) is 0 Å². The van der Waals surface area contributed by atoms with Crippen molar-refractivity contribution in [2.75, 3.05) is 25.2 Å². The van der Waals surface area contributed by atoms with Gasteiger partial charge < -0.3 is 14.4 Å². The van der Waals surface area contributed by atoms with E-state index in [9.17, 15) is 13.2 Å². The molecule has 7 nitrogen and oxygen atoms in total. The predicted octanol–water partition coefficient (Wildman–Crippen LogP) is 2.74. The Morgan fingerprint density at radius 3 is 2.52 bits per heavy atom. The Morgan fingerprint density at radius 1 is 1.17 bits per heavy atom. The average molecular weight is 419 g/mol. The Kier molecular flexibility index (Phi) is 6.44. The summed E-state index contributed by atoms with van der Waals surface area (Å²) < 4.78 is 38.9. The summed E-state index contributed by atoms with van der Waals surface area (Å²) in [5, 5.41) is 0. The summed E-state index contributed by atoms with van der Waals surface area (Å²) in [4.78, 5) is 13.9. The molecule has 0 aromatic heterocycles. The van der Waals surface area contributed by atoms with Crippen LogP contribution in [0.3, 0.4) is 0 Å². The topological polar surface area (TPSA) is 84.9 Å². The van der Waals surface area contributed by atoms with Gasteiger partial charge in [0.1, 0.15) is 18.1 Å². The molecule has 1 atom stereocenters. The van der Waals surface area contributed by atoms with Crippen molar-refractivity contribution in [1.29, 1.82) is 0 Å². The van der Waals surface area contributed by atoms with E-state index in [-0.39, 0.29) is 17.4 Å². The number of nitrogens with one attached hydrogen (secondary N) is 1. The maximum Gasteiger partial charge on any atom is 0.240 e. The van der Waals surface area contributed by atoms with Gasteiger partial charge in [0, 0.05) is 18.7 Å². The van der Waals surface area contributed by atoms with E-state index in [4.69, 9.17) is 9.47 Å². The number of amides is 1. The van der Waals surface area contributed by atoms with Crippen LogP contribution in [0.15, 0.2) is 47.4 Å². The van der Waals surface area contributed by atoms with Crippen molar-refractivity contribution in [1.82, 2.24) is 4.72 Å². The molecule has 1 amide bonds. The number of benzene rings is 2. The van der Waals surface area contributed by atoms with Crippen LogP contribution < -0.4 is 19.1 Å². The second-order valence-corrected chi connectivity index (χ2v) is 8.66. The van der Waals surface area contributed by atoms with Crippen LogP contribution in [0.2, 0.25) is 0 Å². The Labute approximate surface area is 171 Å². The first kappa shape index (κ1) is 21.1. The number of sulfonamides is 1. The molecule has 29 heavy (non-hydrogen) atoms. The maximum absolute atomic E-state index is 12.7. The second-order valence-electron chi connectivity index (χ2n) is 6.95. The summed E-state index contributed by atoms with van der Waals surface area (Å²) >= 11 is 0. The Morgan fingerprint density at radius 2 is 1.86 bits per heavy atom. The number of carbonyl (C=O) groups excluding carboxylic acids is 1. The highest BCUT2D eigenvalue weighted by atomic mass is 32.2. The van der Waals surface area contributed by atoms with Gasteiger partial charge in [-0.2, -0.15) is 0 Å². The van der Waals surface area contributed by atoms with Crippen molar-refractivity contribution in [2.45, 2.75) is 37.6 Å².